The Morgan fingerprint density at radius 1 is 1.17 bits per heavy atom. The number of piperidine rings is 1. The summed E-state index contributed by atoms with van der Waals surface area (Å²) in [5, 5.41) is 8.77. The Hall–Kier alpha value is -3.80. The second-order valence-electron chi connectivity index (χ2n) is 8.50. The molecule has 3 N–H and O–H groups in total. The van der Waals surface area contributed by atoms with E-state index in [0.717, 1.165) is 29.9 Å². The lowest BCUT2D eigenvalue weighted by molar-refractivity contribution is -0.126. The molecule has 1 saturated heterocycles. The second kappa shape index (κ2) is 12.2. The lowest BCUT2D eigenvalue weighted by Crippen LogP contribution is -2.46. The fraction of sp³-hybridized carbons (Fsp3) is 0.375. The van der Waals surface area contributed by atoms with Gasteiger partial charge in [0.15, 0.2) is 5.13 Å². The predicted molar refractivity (Wildman–Crippen MR) is 133 cm³/mol. The van der Waals surface area contributed by atoms with Crippen molar-refractivity contribution in [3.8, 4) is 0 Å². The second-order valence-corrected chi connectivity index (χ2v) is 9.53. The number of aromatic nitrogens is 3. The molecule has 3 heterocycles. The van der Waals surface area contributed by atoms with Gasteiger partial charge in [-0.3, -0.25) is 14.9 Å². The molecule has 36 heavy (non-hydrogen) atoms. The number of halogens is 1. The summed E-state index contributed by atoms with van der Waals surface area (Å²) in [7, 11) is 0. The van der Waals surface area contributed by atoms with Gasteiger partial charge in [-0.1, -0.05) is 23.5 Å². The van der Waals surface area contributed by atoms with Gasteiger partial charge in [-0.25, -0.2) is 19.2 Å². The van der Waals surface area contributed by atoms with Crippen molar-refractivity contribution < 1.29 is 18.8 Å². The number of amides is 4. The number of hydrogen-bond donors (Lipinski definition) is 3. The van der Waals surface area contributed by atoms with Crippen molar-refractivity contribution >= 4 is 34.3 Å². The van der Waals surface area contributed by atoms with E-state index in [0.29, 0.717) is 42.5 Å². The third-order valence-electron chi connectivity index (χ3n) is 5.84. The molecule has 0 bridgehead atoms. The van der Waals surface area contributed by atoms with Gasteiger partial charge in [0.25, 0.3) is 5.91 Å². The largest absolute Gasteiger partial charge is 0.352 e. The molecule has 4 rings (SSSR count). The lowest BCUT2D eigenvalue weighted by atomic mass is 9.97. The third-order valence-corrected chi connectivity index (χ3v) is 6.75. The van der Waals surface area contributed by atoms with E-state index in [-0.39, 0.29) is 36.1 Å². The summed E-state index contributed by atoms with van der Waals surface area (Å²) >= 11 is 1.10. The van der Waals surface area contributed by atoms with Crippen molar-refractivity contribution in [2.75, 3.05) is 25.0 Å². The van der Waals surface area contributed by atoms with Crippen molar-refractivity contribution in [1.29, 1.82) is 0 Å². The summed E-state index contributed by atoms with van der Waals surface area (Å²) in [6, 6.07) is 5.60. The molecule has 12 heteroatoms. The van der Waals surface area contributed by atoms with Crippen molar-refractivity contribution in [2.45, 2.75) is 32.4 Å². The summed E-state index contributed by atoms with van der Waals surface area (Å²) in [4.78, 5) is 47.8. The van der Waals surface area contributed by atoms with Crippen LogP contribution >= 0.6 is 11.3 Å². The van der Waals surface area contributed by atoms with E-state index in [1.807, 2.05) is 10.8 Å². The Balaban J connectivity index is 1.20. The zero-order valence-corrected chi connectivity index (χ0v) is 20.5. The van der Waals surface area contributed by atoms with E-state index < -0.39 is 0 Å². The number of aryl methyl sites for hydroxylation is 1. The molecule has 3 aromatic rings. The first-order valence-electron chi connectivity index (χ1n) is 11.8. The molecule has 190 valence electrons. The van der Waals surface area contributed by atoms with Crippen LogP contribution in [0.4, 0.5) is 14.3 Å². The van der Waals surface area contributed by atoms with Gasteiger partial charge in [0.05, 0.1) is 18.4 Å². The fourth-order valence-electron chi connectivity index (χ4n) is 3.89. The Bertz CT molecular complexity index is 1170. The van der Waals surface area contributed by atoms with Crippen LogP contribution in [-0.4, -0.2) is 56.9 Å². The van der Waals surface area contributed by atoms with E-state index in [2.05, 4.69) is 25.9 Å². The van der Waals surface area contributed by atoms with Crippen LogP contribution in [0, 0.1) is 11.7 Å². The zero-order chi connectivity index (χ0) is 25.3. The Labute approximate surface area is 211 Å². The summed E-state index contributed by atoms with van der Waals surface area (Å²) in [5.74, 6) is -1.04. The standard InChI is InChI=1S/C24H28FN7O3S/c25-19-6-4-17(5-7-19)13-28-21(33)18-3-1-11-32(15-18)24(35)30-23-29-14-20(36-23)22(34)27-8-2-10-31-12-9-26-16-31/h4-7,9,12,14,16,18H,1-3,8,10-11,13,15H2,(H,27,34)(H,28,33)(H,29,30,35). The van der Waals surface area contributed by atoms with Gasteiger partial charge in [-0.15, -0.1) is 0 Å². The van der Waals surface area contributed by atoms with Crippen LogP contribution in [0.3, 0.4) is 0 Å². The monoisotopic (exact) mass is 513 g/mol. The van der Waals surface area contributed by atoms with Crippen LogP contribution in [0.15, 0.2) is 49.2 Å². The fourth-order valence-corrected chi connectivity index (χ4v) is 4.61. The molecule has 0 radical (unpaired) electrons. The highest BCUT2D eigenvalue weighted by molar-refractivity contribution is 7.17. The lowest BCUT2D eigenvalue weighted by Gasteiger charge is -2.31. The van der Waals surface area contributed by atoms with Gasteiger partial charge >= 0.3 is 6.03 Å². The number of hydrogen-bond acceptors (Lipinski definition) is 6. The number of carbonyl (C=O) groups is 3. The maximum atomic E-state index is 13.0. The SMILES string of the molecule is O=C(NCCCn1ccnc1)c1cnc(NC(=O)N2CCCC(C(=O)NCc3ccc(F)cc3)C2)s1. The molecule has 1 atom stereocenters. The van der Waals surface area contributed by atoms with Gasteiger partial charge in [0.2, 0.25) is 5.91 Å². The van der Waals surface area contributed by atoms with Crippen LogP contribution in [-0.2, 0) is 17.9 Å². The molecule has 1 unspecified atom stereocenters. The molecule has 0 spiro atoms. The van der Waals surface area contributed by atoms with Crippen LogP contribution in [0.25, 0.3) is 0 Å². The topological polar surface area (TPSA) is 121 Å². The molecule has 1 aliphatic heterocycles. The normalized spacial score (nSPS) is 15.4. The number of thiazole rings is 1. The average molecular weight is 514 g/mol. The summed E-state index contributed by atoms with van der Waals surface area (Å²) in [6.07, 6.45) is 8.89. The zero-order valence-electron chi connectivity index (χ0n) is 19.7. The van der Waals surface area contributed by atoms with Crippen molar-refractivity contribution in [3.05, 3.63) is 65.4 Å². The number of nitrogens with one attached hydrogen (secondary N) is 3. The summed E-state index contributed by atoms with van der Waals surface area (Å²) < 4.78 is 15.0. The van der Waals surface area contributed by atoms with E-state index >= 15 is 0 Å². The number of carbonyl (C=O) groups excluding carboxylic acids is 3. The van der Waals surface area contributed by atoms with Crippen molar-refractivity contribution in [3.63, 3.8) is 0 Å². The van der Waals surface area contributed by atoms with Crippen LogP contribution in [0.5, 0.6) is 0 Å². The highest BCUT2D eigenvalue weighted by Gasteiger charge is 2.28. The van der Waals surface area contributed by atoms with Gasteiger partial charge in [-0.05, 0) is 37.0 Å². The molecule has 2 aromatic heterocycles. The Morgan fingerprint density at radius 2 is 2.00 bits per heavy atom. The summed E-state index contributed by atoms with van der Waals surface area (Å²) in [5.41, 5.74) is 0.803. The van der Waals surface area contributed by atoms with Crippen LogP contribution < -0.4 is 16.0 Å². The molecule has 1 aromatic carbocycles. The van der Waals surface area contributed by atoms with Gasteiger partial charge in [0.1, 0.15) is 10.7 Å². The number of urea groups is 1. The van der Waals surface area contributed by atoms with Gasteiger partial charge in [0, 0.05) is 45.1 Å². The van der Waals surface area contributed by atoms with E-state index in [9.17, 15) is 18.8 Å². The average Bonchev–Trinajstić information content (AvgIpc) is 3.58. The maximum Gasteiger partial charge on any atom is 0.323 e. The first kappa shape index (κ1) is 25.3. The quantitative estimate of drug-likeness (QED) is 0.380. The number of likely N-dealkylation sites (tertiary alicyclic amines) is 1. The molecule has 1 aliphatic rings. The Kier molecular flexibility index (Phi) is 8.61. The first-order chi connectivity index (χ1) is 17.5. The van der Waals surface area contributed by atoms with E-state index in [1.165, 1.54) is 18.3 Å². The molecule has 10 nitrogen and oxygen atoms in total. The Morgan fingerprint density at radius 3 is 2.78 bits per heavy atom. The van der Waals surface area contributed by atoms with Crippen molar-refractivity contribution in [1.82, 2.24) is 30.1 Å². The number of benzene rings is 1. The molecule has 0 saturated carbocycles. The molecule has 0 aliphatic carbocycles. The highest BCUT2D eigenvalue weighted by atomic mass is 32.1. The van der Waals surface area contributed by atoms with E-state index in [1.54, 1.807) is 29.6 Å². The van der Waals surface area contributed by atoms with Crippen molar-refractivity contribution in [2.24, 2.45) is 5.92 Å². The van der Waals surface area contributed by atoms with Gasteiger partial charge < -0.3 is 20.1 Å². The minimum absolute atomic E-state index is 0.141. The smallest absolute Gasteiger partial charge is 0.323 e. The molecule has 4 amide bonds. The minimum atomic E-state index is -0.354. The number of anilines is 1. The molecular weight excluding hydrogens is 485 g/mol. The molecule has 1 fully saturated rings. The van der Waals surface area contributed by atoms with Crippen LogP contribution in [0.2, 0.25) is 0 Å². The maximum absolute atomic E-state index is 13.0. The highest BCUT2D eigenvalue weighted by Crippen LogP contribution is 2.21. The number of nitrogens with zero attached hydrogens (tertiary/aromatic N) is 4. The van der Waals surface area contributed by atoms with E-state index in [4.69, 9.17) is 0 Å². The van der Waals surface area contributed by atoms with Gasteiger partial charge in [-0.2, -0.15) is 0 Å². The van der Waals surface area contributed by atoms with Crippen LogP contribution in [0.1, 0.15) is 34.5 Å². The summed E-state index contributed by atoms with van der Waals surface area (Å²) in [6.45, 7) is 2.38. The number of rotatable bonds is 9. The number of imidazole rings is 1. The molecular formula is C24H28FN7O3S. The predicted octanol–water partition coefficient (Wildman–Crippen LogP) is 2.86. The third kappa shape index (κ3) is 7.11. The minimum Gasteiger partial charge on any atom is -0.352 e. The first-order valence-corrected chi connectivity index (χ1v) is 12.6.